The molecule has 1 saturated carbocycles. The fourth-order valence-corrected chi connectivity index (χ4v) is 3.11. The molecule has 1 heterocycles. The Morgan fingerprint density at radius 2 is 2.00 bits per heavy atom. The number of carbonyl (C=O) groups excluding carboxylic acids is 1. The zero-order valence-electron chi connectivity index (χ0n) is 11.6. The smallest absolute Gasteiger partial charge is 0.251 e. The van der Waals surface area contributed by atoms with Gasteiger partial charge in [-0.15, -0.1) is 0 Å². The number of nitrogens with zero attached hydrogens (tertiary/aromatic N) is 1. The van der Waals surface area contributed by atoms with Crippen LogP contribution in [0.15, 0.2) is 24.3 Å². The van der Waals surface area contributed by atoms with Crippen LogP contribution in [0.25, 0.3) is 0 Å². The molecule has 1 aliphatic carbocycles. The Kier molecular flexibility index (Phi) is 3.38. The third kappa shape index (κ3) is 2.26. The van der Waals surface area contributed by atoms with Crippen LogP contribution in [0.3, 0.4) is 0 Å². The van der Waals surface area contributed by atoms with Gasteiger partial charge in [-0.3, -0.25) is 9.69 Å². The van der Waals surface area contributed by atoms with Gasteiger partial charge in [-0.1, -0.05) is 12.1 Å². The molecule has 0 unspecified atom stereocenters. The highest BCUT2D eigenvalue weighted by Crippen LogP contribution is 2.45. The van der Waals surface area contributed by atoms with Gasteiger partial charge in [-0.2, -0.15) is 0 Å². The average Bonchev–Trinajstić information content (AvgIpc) is 3.24. The molecule has 5 heteroatoms. The van der Waals surface area contributed by atoms with E-state index in [2.05, 4.69) is 5.32 Å². The number of hydrogen-bond donors (Lipinski definition) is 1. The fourth-order valence-electron chi connectivity index (χ4n) is 2.73. The Labute approximate surface area is 124 Å². The zero-order valence-corrected chi connectivity index (χ0v) is 12.4. The molecular weight excluding hydrogens is 272 g/mol. The number of nitrogens with one attached hydrogen (secondary N) is 1. The highest BCUT2D eigenvalue weighted by Gasteiger charge is 2.44. The van der Waals surface area contributed by atoms with E-state index in [-0.39, 0.29) is 18.0 Å². The van der Waals surface area contributed by atoms with Crippen molar-refractivity contribution in [1.82, 2.24) is 10.2 Å². The molecule has 1 saturated heterocycles. The van der Waals surface area contributed by atoms with Crippen molar-refractivity contribution >= 4 is 23.2 Å². The molecule has 1 N–H and O–H groups in total. The highest BCUT2D eigenvalue weighted by molar-refractivity contribution is 7.80. The summed E-state index contributed by atoms with van der Waals surface area (Å²) in [5.74, 6) is 1.41. The maximum atomic E-state index is 12.3. The van der Waals surface area contributed by atoms with Gasteiger partial charge in [0.25, 0.3) is 5.91 Å². The molecule has 2 atom stereocenters. The van der Waals surface area contributed by atoms with Gasteiger partial charge in [0.15, 0.2) is 5.11 Å². The van der Waals surface area contributed by atoms with E-state index in [1.54, 1.807) is 12.0 Å². The van der Waals surface area contributed by atoms with Crippen molar-refractivity contribution < 1.29 is 9.53 Å². The van der Waals surface area contributed by atoms with Gasteiger partial charge in [0, 0.05) is 0 Å². The molecular formula is C15H18N2O2S. The number of rotatable bonds is 4. The van der Waals surface area contributed by atoms with Crippen molar-refractivity contribution in [3.63, 3.8) is 0 Å². The summed E-state index contributed by atoms with van der Waals surface area (Å²) < 4.78 is 5.19. The van der Waals surface area contributed by atoms with E-state index in [1.807, 2.05) is 31.2 Å². The van der Waals surface area contributed by atoms with Crippen LogP contribution in [0.1, 0.15) is 31.4 Å². The number of hydrogen-bond acceptors (Lipinski definition) is 3. The lowest BCUT2D eigenvalue weighted by Crippen LogP contribution is -2.36. The van der Waals surface area contributed by atoms with Crippen molar-refractivity contribution in [3.05, 3.63) is 29.8 Å². The lowest BCUT2D eigenvalue weighted by Gasteiger charge is -2.27. The number of methoxy groups -OCH3 is 1. The fraction of sp³-hybridized carbons (Fsp3) is 0.467. The van der Waals surface area contributed by atoms with Gasteiger partial charge in [0.1, 0.15) is 11.8 Å². The topological polar surface area (TPSA) is 41.6 Å². The summed E-state index contributed by atoms with van der Waals surface area (Å²) in [6, 6.07) is 7.76. The van der Waals surface area contributed by atoms with Gasteiger partial charge in [0.2, 0.25) is 0 Å². The molecule has 1 aromatic rings. The molecule has 2 aliphatic rings. The summed E-state index contributed by atoms with van der Waals surface area (Å²) in [6.45, 7) is 1.85. The number of carbonyl (C=O) groups is 1. The van der Waals surface area contributed by atoms with Crippen LogP contribution in [-0.4, -0.2) is 29.1 Å². The van der Waals surface area contributed by atoms with E-state index < -0.39 is 0 Å². The van der Waals surface area contributed by atoms with E-state index in [4.69, 9.17) is 17.0 Å². The number of thiocarbonyl (C=S) groups is 1. The standard InChI is InChI=1S/C15H18N2O2S/c1-9-14(18)17(15(20)16-9)13(10-3-4-10)11-5-7-12(19-2)8-6-11/h5-10,13H,3-4H2,1-2H3,(H,16,20)/t9-,13+/m0/s1. The summed E-state index contributed by atoms with van der Waals surface area (Å²) >= 11 is 5.34. The molecule has 4 nitrogen and oxygen atoms in total. The van der Waals surface area contributed by atoms with Crippen LogP contribution >= 0.6 is 12.2 Å². The number of amides is 1. The molecule has 106 valence electrons. The number of ether oxygens (including phenoxy) is 1. The Morgan fingerprint density at radius 1 is 1.35 bits per heavy atom. The summed E-state index contributed by atoms with van der Waals surface area (Å²) in [6.07, 6.45) is 2.30. The molecule has 20 heavy (non-hydrogen) atoms. The first kappa shape index (κ1) is 13.4. The quantitative estimate of drug-likeness (QED) is 0.864. The van der Waals surface area contributed by atoms with Crippen molar-refractivity contribution in [3.8, 4) is 5.75 Å². The van der Waals surface area contributed by atoms with Gasteiger partial charge < -0.3 is 10.1 Å². The summed E-state index contributed by atoms with van der Waals surface area (Å²) in [7, 11) is 1.65. The normalized spacial score (nSPS) is 23.7. The van der Waals surface area contributed by atoms with Crippen LogP contribution in [0.2, 0.25) is 0 Å². The molecule has 0 bridgehead atoms. The van der Waals surface area contributed by atoms with Crippen molar-refractivity contribution in [2.45, 2.75) is 31.8 Å². The molecule has 3 rings (SSSR count). The highest BCUT2D eigenvalue weighted by atomic mass is 32.1. The molecule has 0 radical (unpaired) electrons. The predicted octanol–water partition coefficient (Wildman–Crippen LogP) is 2.25. The van der Waals surface area contributed by atoms with Crippen molar-refractivity contribution in [2.75, 3.05) is 7.11 Å². The SMILES string of the molecule is COc1ccc([C@@H](C2CC2)N2C(=O)[C@H](C)NC2=S)cc1. The lowest BCUT2D eigenvalue weighted by molar-refractivity contribution is -0.128. The Bertz CT molecular complexity index is 539. The first-order valence-electron chi connectivity index (χ1n) is 6.89. The second-order valence-corrected chi connectivity index (χ2v) is 5.82. The lowest BCUT2D eigenvalue weighted by atomic mass is 10.0. The summed E-state index contributed by atoms with van der Waals surface area (Å²) in [5, 5.41) is 3.61. The molecule has 1 amide bonds. The van der Waals surface area contributed by atoms with Gasteiger partial charge in [-0.25, -0.2) is 0 Å². The van der Waals surface area contributed by atoms with Crippen LogP contribution in [0.4, 0.5) is 0 Å². The molecule has 1 aromatic carbocycles. The Hall–Kier alpha value is -1.62. The van der Waals surface area contributed by atoms with Crippen molar-refractivity contribution in [1.29, 1.82) is 0 Å². The van der Waals surface area contributed by atoms with Gasteiger partial charge in [0.05, 0.1) is 13.2 Å². The van der Waals surface area contributed by atoms with Gasteiger partial charge >= 0.3 is 0 Å². The van der Waals surface area contributed by atoms with E-state index in [0.29, 0.717) is 11.0 Å². The van der Waals surface area contributed by atoms with E-state index in [1.165, 1.54) is 0 Å². The van der Waals surface area contributed by atoms with Crippen LogP contribution in [-0.2, 0) is 4.79 Å². The summed E-state index contributed by atoms with van der Waals surface area (Å²) in [5.41, 5.74) is 1.12. The minimum Gasteiger partial charge on any atom is -0.497 e. The second-order valence-electron chi connectivity index (χ2n) is 5.43. The first-order chi connectivity index (χ1) is 9.61. The minimum atomic E-state index is -0.220. The Balaban J connectivity index is 1.92. The largest absolute Gasteiger partial charge is 0.497 e. The summed E-state index contributed by atoms with van der Waals surface area (Å²) in [4.78, 5) is 14.1. The number of benzene rings is 1. The van der Waals surface area contributed by atoms with E-state index >= 15 is 0 Å². The molecule has 0 spiro atoms. The van der Waals surface area contributed by atoms with Crippen LogP contribution in [0, 0.1) is 5.92 Å². The predicted molar refractivity (Wildman–Crippen MR) is 80.5 cm³/mol. The van der Waals surface area contributed by atoms with Crippen LogP contribution < -0.4 is 10.1 Å². The third-order valence-electron chi connectivity index (χ3n) is 3.97. The molecule has 1 aliphatic heterocycles. The molecule has 0 aromatic heterocycles. The van der Waals surface area contributed by atoms with Crippen molar-refractivity contribution in [2.24, 2.45) is 5.92 Å². The Morgan fingerprint density at radius 3 is 2.45 bits per heavy atom. The molecule has 2 fully saturated rings. The van der Waals surface area contributed by atoms with E-state index in [0.717, 1.165) is 24.2 Å². The minimum absolute atomic E-state index is 0.0540. The second kappa shape index (κ2) is 5.05. The average molecular weight is 290 g/mol. The van der Waals surface area contributed by atoms with Crippen LogP contribution in [0.5, 0.6) is 5.75 Å². The van der Waals surface area contributed by atoms with E-state index in [9.17, 15) is 4.79 Å². The van der Waals surface area contributed by atoms with Gasteiger partial charge in [-0.05, 0) is 55.6 Å². The maximum absolute atomic E-state index is 12.3. The zero-order chi connectivity index (χ0) is 14.3. The third-order valence-corrected chi connectivity index (χ3v) is 4.29. The first-order valence-corrected chi connectivity index (χ1v) is 7.30. The maximum Gasteiger partial charge on any atom is 0.251 e. The monoisotopic (exact) mass is 290 g/mol.